The van der Waals surface area contributed by atoms with Crippen LogP contribution in [0.15, 0.2) is 41.5 Å². The lowest BCUT2D eigenvalue weighted by molar-refractivity contribution is -0.394. The summed E-state index contributed by atoms with van der Waals surface area (Å²) in [6.07, 6.45) is 0.879. The van der Waals surface area contributed by atoms with Gasteiger partial charge in [-0.1, -0.05) is 0 Å². The Morgan fingerprint density at radius 2 is 1.90 bits per heavy atom. The maximum Gasteiger partial charge on any atom is 0.318 e. The van der Waals surface area contributed by atoms with Crippen LogP contribution in [0, 0.1) is 20.2 Å². The van der Waals surface area contributed by atoms with Crippen LogP contribution in [0.4, 0.5) is 17.1 Å². The molecule has 0 spiro atoms. The summed E-state index contributed by atoms with van der Waals surface area (Å²) in [4.78, 5) is 31.8. The molecule has 0 saturated carbocycles. The zero-order valence-electron chi connectivity index (χ0n) is 15.2. The average Bonchev–Trinajstić information content (AvgIpc) is 2.68. The van der Waals surface area contributed by atoms with Gasteiger partial charge in [-0.25, -0.2) is 5.43 Å². The van der Waals surface area contributed by atoms with E-state index in [0.29, 0.717) is 24.1 Å². The monoisotopic (exact) mass is 403 g/mol. The second kappa shape index (κ2) is 9.64. The van der Waals surface area contributed by atoms with E-state index < -0.39 is 32.9 Å². The van der Waals surface area contributed by atoms with Crippen LogP contribution in [0.3, 0.4) is 0 Å². The van der Waals surface area contributed by atoms with E-state index >= 15 is 0 Å². The minimum absolute atomic E-state index is 0.133. The van der Waals surface area contributed by atoms with E-state index in [1.54, 1.807) is 24.3 Å². The molecule has 1 amide bonds. The van der Waals surface area contributed by atoms with Crippen molar-refractivity contribution in [1.29, 1.82) is 0 Å². The Labute approximate surface area is 164 Å². The highest BCUT2D eigenvalue weighted by molar-refractivity contribution is 5.88. The smallest absolute Gasteiger partial charge is 0.318 e. The number of nitrogens with one attached hydrogen (secondary N) is 2. The number of hydrogen-bond donors (Lipinski definition) is 3. The summed E-state index contributed by atoms with van der Waals surface area (Å²) < 4.78 is 5.31. The average molecular weight is 403 g/mol. The third-order valence-electron chi connectivity index (χ3n) is 3.52. The number of anilines is 1. The molecule has 0 aliphatic heterocycles. The Kier molecular flexibility index (Phi) is 7.01. The summed E-state index contributed by atoms with van der Waals surface area (Å²) in [5.41, 5.74) is 1.09. The topological polar surface area (TPSA) is 169 Å². The number of aromatic hydroxyl groups is 1. The van der Waals surface area contributed by atoms with E-state index in [4.69, 9.17) is 4.74 Å². The van der Waals surface area contributed by atoms with E-state index in [1.807, 2.05) is 6.92 Å². The van der Waals surface area contributed by atoms with E-state index in [-0.39, 0.29) is 12.1 Å². The summed E-state index contributed by atoms with van der Waals surface area (Å²) in [6.45, 7) is 2.27. The number of amides is 1. The van der Waals surface area contributed by atoms with Gasteiger partial charge in [0, 0.05) is 11.8 Å². The molecule has 0 bridgehead atoms. The van der Waals surface area contributed by atoms with Gasteiger partial charge in [0.1, 0.15) is 5.75 Å². The molecular weight excluding hydrogens is 386 g/mol. The maximum absolute atomic E-state index is 11.8. The fourth-order valence-electron chi connectivity index (χ4n) is 2.20. The number of carbonyl (C=O) groups is 1. The van der Waals surface area contributed by atoms with Gasteiger partial charge in [-0.15, -0.1) is 0 Å². The van der Waals surface area contributed by atoms with Gasteiger partial charge in [0.15, 0.2) is 0 Å². The first kappa shape index (κ1) is 21.1. The summed E-state index contributed by atoms with van der Waals surface area (Å²) in [5, 5.41) is 38.0. The lowest BCUT2D eigenvalue weighted by Gasteiger charge is -2.07. The Morgan fingerprint density at radius 3 is 2.48 bits per heavy atom. The van der Waals surface area contributed by atoms with Crippen LogP contribution in [0.2, 0.25) is 0 Å². The van der Waals surface area contributed by atoms with Gasteiger partial charge in [-0.2, -0.15) is 5.10 Å². The highest BCUT2D eigenvalue weighted by atomic mass is 16.6. The molecule has 0 fully saturated rings. The van der Waals surface area contributed by atoms with Gasteiger partial charge in [0.25, 0.3) is 11.6 Å². The zero-order chi connectivity index (χ0) is 21.4. The molecule has 0 aromatic heterocycles. The molecule has 0 radical (unpaired) electrons. The minimum atomic E-state index is -0.959. The van der Waals surface area contributed by atoms with Crippen molar-refractivity contribution in [1.82, 2.24) is 5.43 Å². The van der Waals surface area contributed by atoms with Crippen LogP contribution >= 0.6 is 0 Å². The molecule has 0 heterocycles. The van der Waals surface area contributed by atoms with E-state index in [0.717, 1.165) is 12.3 Å². The summed E-state index contributed by atoms with van der Waals surface area (Å²) >= 11 is 0. The van der Waals surface area contributed by atoms with E-state index in [1.165, 1.54) is 0 Å². The molecule has 152 valence electrons. The van der Waals surface area contributed by atoms with Gasteiger partial charge in [0.2, 0.25) is 5.75 Å². The Hall–Kier alpha value is -4.22. The number of phenols is 1. The second-order valence-corrected chi connectivity index (χ2v) is 5.52. The van der Waals surface area contributed by atoms with Gasteiger partial charge in [-0.05, 0) is 31.2 Å². The van der Waals surface area contributed by atoms with Gasteiger partial charge in [-0.3, -0.25) is 25.0 Å². The summed E-state index contributed by atoms with van der Waals surface area (Å²) in [5.74, 6) is -0.654. The van der Waals surface area contributed by atoms with Crippen LogP contribution < -0.4 is 15.5 Å². The maximum atomic E-state index is 11.8. The number of benzene rings is 2. The van der Waals surface area contributed by atoms with E-state index in [9.17, 15) is 30.1 Å². The number of non-ortho nitro benzene ring substituents is 1. The molecule has 0 aliphatic carbocycles. The molecule has 2 aromatic carbocycles. The SMILES string of the molecule is CCOc1ccc(NCC(=O)N/N=C\c2cc([N+](=O)[O-])cc([N+](=O)[O-])c2O)cc1. The van der Waals surface area contributed by atoms with Crippen molar-refractivity contribution in [3.8, 4) is 11.5 Å². The first-order chi connectivity index (χ1) is 13.8. The quantitative estimate of drug-likeness (QED) is 0.325. The van der Waals surface area contributed by atoms with Crippen molar-refractivity contribution in [3.05, 3.63) is 62.2 Å². The predicted molar refractivity (Wildman–Crippen MR) is 103 cm³/mol. The molecule has 0 aliphatic rings. The standard InChI is InChI=1S/C17H17N5O7/c1-2-29-14-5-3-12(4-6-14)18-10-16(23)20-19-9-11-7-13(21(25)26)8-15(17(11)24)22(27)28/h3-9,18,24H,2,10H2,1H3,(H,20,23)/b19-9-. The Bertz CT molecular complexity index is 944. The highest BCUT2D eigenvalue weighted by Crippen LogP contribution is 2.33. The number of rotatable bonds is 9. The molecule has 29 heavy (non-hydrogen) atoms. The highest BCUT2D eigenvalue weighted by Gasteiger charge is 2.23. The Morgan fingerprint density at radius 1 is 1.21 bits per heavy atom. The number of hydrogen-bond acceptors (Lipinski definition) is 9. The molecule has 3 N–H and O–H groups in total. The summed E-state index contributed by atoms with van der Waals surface area (Å²) in [6, 6.07) is 8.45. The van der Waals surface area contributed by atoms with Crippen molar-refractivity contribution < 1.29 is 24.5 Å². The molecule has 0 saturated heterocycles. The van der Waals surface area contributed by atoms with Gasteiger partial charge < -0.3 is 15.2 Å². The van der Waals surface area contributed by atoms with Gasteiger partial charge >= 0.3 is 5.69 Å². The van der Waals surface area contributed by atoms with Crippen LogP contribution in [0.1, 0.15) is 12.5 Å². The van der Waals surface area contributed by atoms with Gasteiger partial charge in [0.05, 0.1) is 40.8 Å². The van der Waals surface area contributed by atoms with Crippen molar-refractivity contribution in [2.45, 2.75) is 6.92 Å². The number of ether oxygens (including phenoxy) is 1. The molecule has 0 unspecified atom stereocenters. The van der Waals surface area contributed by atoms with E-state index in [2.05, 4.69) is 15.8 Å². The number of phenolic OH excluding ortho intramolecular Hbond substituents is 1. The number of carbonyl (C=O) groups excluding carboxylic acids is 1. The van der Waals surface area contributed by atoms with Crippen molar-refractivity contribution in [3.63, 3.8) is 0 Å². The lowest BCUT2D eigenvalue weighted by atomic mass is 10.1. The number of nitrogens with zero attached hydrogens (tertiary/aromatic N) is 3. The molecule has 0 atom stereocenters. The van der Waals surface area contributed by atoms with Crippen LogP contribution in [-0.2, 0) is 4.79 Å². The molecular formula is C17H17N5O7. The van der Waals surface area contributed by atoms with Crippen molar-refractivity contribution in [2.24, 2.45) is 5.10 Å². The fourth-order valence-corrected chi connectivity index (χ4v) is 2.20. The molecule has 2 rings (SSSR count). The van der Waals surface area contributed by atoms with Crippen LogP contribution in [-0.4, -0.2) is 40.2 Å². The predicted octanol–water partition coefficient (Wildman–Crippen LogP) is 2.17. The van der Waals surface area contributed by atoms with Crippen molar-refractivity contribution in [2.75, 3.05) is 18.5 Å². The third-order valence-corrected chi connectivity index (χ3v) is 3.52. The molecule has 12 heteroatoms. The Balaban J connectivity index is 1.99. The largest absolute Gasteiger partial charge is 0.502 e. The first-order valence-electron chi connectivity index (χ1n) is 8.26. The number of nitro groups is 2. The first-order valence-corrected chi connectivity index (χ1v) is 8.26. The zero-order valence-corrected chi connectivity index (χ0v) is 15.2. The molecule has 12 nitrogen and oxygen atoms in total. The summed E-state index contributed by atoms with van der Waals surface area (Å²) in [7, 11) is 0. The third kappa shape index (κ3) is 5.89. The lowest BCUT2D eigenvalue weighted by Crippen LogP contribution is -2.25. The minimum Gasteiger partial charge on any atom is -0.502 e. The number of nitro benzene ring substituents is 2. The normalized spacial score (nSPS) is 10.5. The van der Waals surface area contributed by atoms with Crippen LogP contribution in [0.5, 0.6) is 11.5 Å². The molecule has 2 aromatic rings. The van der Waals surface area contributed by atoms with Crippen molar-refractivity contribution >= 4 is 29.2 Å². The fraction of sp³-hybridized carbons (Fsp3) is 0.176. The second-order valence-electron chi connectivity index (χ2n) is 5.52. The number of hydrazone groups is 1. The van der Waals surface area contributed by atoms with Crippen LogP contribution in [0.25, 0.3) is 0 Å².